The van der Waals surface area contributed by atoms with Crippen molar-refractivity contribution in [3.05, 3.63) is 58.9 Å². The van der Waals surface area contributed by atoms with Crippen LogP contribution in [0.3, 0.4) is 0 Å². The van der Waals surface area contributed by atoms with Crippen LogP contribution in [-0.2, 0) is 4.79 Å². The summed E-state index contributed by atoms with van der Waals surface area (Å²) in [5.74, 6) is 0.555. The van der Waals surface area contributed by atoms with Gasteiger partial charge in [0.15, 0.2) is 10.8 Å². The van der Waals surface area contributed by atoms with Crippen LogP contribution in [0.4, 0.5) is 5.69 Å². The minimum Gasteiger partial charge on any atom is -0.325 e. The Kier molecular flexibility index (Phi) is 4.86. The van der Waals surface area contributed by atoms with Gasteiger partial charge in [0.2, 0.25) is 5.91 Å². The summed E-state index contributed by atoms with van der Waals surface area (Å²) in [6.07, 6.45) is 0. The van der Waals surface area contributed by atoms with Crippen molar-refractivity contribution in [2.75, 3.05) is 11.1 Å². The molecule has 28 heavy (non-hydrogen) atoms. The summed E-state index contributed by atoms with van der Waals surface area (Å²) in [5.41, 5.74) is 2.40. The van der Waals surface area contributed by atoms with Gasteiger partial charge >= 0.3 is 0 Å². The number of hydrogen-bond acceptors (Lipinski definition) is 6. The summed E-state index contributed by atoms with van der Waals surface area (Å²) in [5, 5.41) is 17.9. The minimum absolute atomic E-state index is 0.136. The lowest BCUT2D eigenvalue weighted by atomic mass is 10.2. The van der Waals surface area contributed by atoms with Crippen molar-refractivity contribution in [3.8, 4) is 6.07 Å². The number of nitrogens with zero attached hydrogens (tertiary/aromatic N) is 5. The molecule has 0 unspecified atom stereocenters. The van der Waals surface area contributed by atoms with Crippen LogP contribution in [0.1, 0.15) is 11.4 Å². The van der Waals surface area contributed by atoms with Crippen molar-refractivity contribution in [1.29, 1.82) is 5.26 Å². The Labute approximate surface area is 169 Å². The molecule has 0 saturated heterocycles. The van der Waals surface area contributed by atoms with Gasteiger partial charge in [-0.05, 0) is 37.3 Å². The minimum atomic E-state index is -0.217. The van der Waals surface area contributed by atoms with Gasteiger partial charge in [0.1, 0.15) is 11.9 Å². The molecule has 0 fully saturated rings. The second-order valence-electron chi connectivity index (χ2n) is 5.95. The first-order valence-corrected chi connectivity index (χ1v) is 9.66. The molecule has 1 N–H and O–H groups in total. The van der Waals surface area contributed by atoms with Crippen LogP contribution in [0.25, 0.3) is 16.6 Å². The number of halogens is 1. The highest BCUT2D eigenvalue weighted by Gasteiger charge is 2.14. The Morgan fingerprint density at radius 2 is 2.11 bits per heavy atom. The molecule has 2 heterocycles. The Balaban J connectivity index is 1.56. The Bertz CT molecular complexity index is 1260. The van der Waals surface area contributed by atoms with E-state index in [4.69, 9.17) is 16.9 Å². The van der Waals surface area contributed by atoms with E-state index in [0.717, 1.165) is 10.9 Å². The second kappa shape index (κ2) is 7.46. The Morgan fingerprint density at radius 3 is 2.89 bits per heavy atom. The highest BCUT2D eigenvalue weighted by Crippen LogP contribution is 2.24. The number of carbonyl (C=O) groups is 1. The van der Waals surface area contributed by atoms with Crippen molar-refractivity contribution in [2.45, 2.75) is 12.1 Å². The molecule has 2 aromatic carbocycles. The molecule has 0 radical (unpaired) electrons. The van der Waals surface area contributed by atoms with Gasteiger partial charge in [0.25, 0.3) is 0 Å². The third kappa shape index (κ3) is 3.50. The van der Waals surface area contributed by atoms with Crippen molar-refractivity contribution in [3.63, 3.8) is 0 Å². The summed E-state index contributed by atoms with van der Waals surface area (Å²) in [6.45, 7) is 1.82. The normalized spacial score (nSPS) is 10.9. The average molecular weight is 409 g/mol. The zero-order valence-electron chi connectivity index (χ0n) is 14.7. The number of thioether (sulfide) groups is 1. The van der Waals surface area contributed by atoms with Crippen LogP contribution in [0.15, 0.2) is 47.6 Å². The maximum absolute atomic E-state index is 12.3. The molecule has 0 saturated carbocycles. The van der Waals surface area contributed by atoms with Crippen molar-refractivity contribution in [2.24, 2.45) is 0 Å². The van der Waals surface area contributed by atoms with Crippen LogP contribution >= 0.6 is 23.4 Å². The van der Waals surface area contributed by atoms with E-state index in [9.17, 15) is 4.79 Å². The van der Waals surface area contributed by atoms with Gasteiger partial charge in [0.05, 0.1) is 21.9 Å². The number of anilines is 1. The number of nitrogens with one attached hydrogen (secondary N) is 1. The Hall–Kier alpha value is -3.15. The quantitative estimate of drug-likeness (QED) is 0.407. The van der Waals surface area contributed by atoms with Gasteiger partial charge < -0.3 is 5.32 Å². The highest BCUT2D eigenvalue weighted by molar-refractivity contribution is 7.99. The van der Waals surface area contributed by atoms with E-state index in [1.165, 1.54) is 11.8 Å². The van der Waals surface area contributed by atoms with Gasteiger partial charge in [-0.25, -0.2) is 9.97 Å². The molecule has 0 atom stereocenters. The number of benzene rings is 2. The van der Waals surface area contributed by atoms with Crippen LogP contribution in [-0.4, -0.2) is 31.2 Å². The second-order valence-corrected chi connectivity index (χ2v) is 7.30. The molecule has 7 nitrogen and oxygen atoms in total. The van der Waals surface area contributed by atoms with E-state index < -0.39 is 0 Å². The topological polar surface area (TPSA) is 96.0 Å². The first-order chi connectivity index (χ1) is 13.5. The van der Waals surface area contributed by atoms with Crippen LogP contribution in [0, 0.1) is 18.3 Å². The number of amides is 1. The smallest absolute Gasteiger partial charge is 0.234 e. The number of fused-ring (bicyclic) bond motifs is 3. The van der Waals surface area contributed by atoms with Crippen molar-refractivity contribution >= 4 is 51.5 Å². The monoisotopic (exact) mass is 408 g/mol. The van der Waals surface area contributed by atoms with E-state index in [1.807, 2.05) is 37.3 Å². The summed E-state index contributed by atoms with van der Waals surface area (Å²) in [4.78, 5) is 21.4. The number of nitriles is 1. The summed E-state index contributed by atoms with van der Waals surface area (Å²) in [6, 6.07) is 14.4. The maximum Gasteiger partial charge on any atom is 0.234 e. The first-order valence-electron chi connectivity index (χ1n) is 8.29. The van der Waals surface area contributed by atoms with E-state index in [0.29, 0.717) is 32.9 Å². The molecule has 0 bridgehead atoms. The van der Waals surface area contributed by atoms with E-state index in [1.54, 1.807) is 22.7 Å². The molecule has 1 amide bonds. The Morgan fingerprint density at radius 1 is 1.29 bits per heavy atom. The third-order valence-electron chi connectivity index (χ3n) is 3.96. The lowest BCUT2D eigenvalue weighted by Gasteiger charge is -2.08. The fraction of sp³-hybridized carbons (Fsp3) is 0.105. The molecule has 4 aromatic rings. The van der Waals surface area contributed by atoms with Gasteiger partial charge in [-0.2, -0.15) is 9.78 Å². The highest BCUT2D eigenvalue weighted by atomic mass is 35.5. The summed E-state index contributed by atoms with van der Waals surface area (Å²) < 4.78 is 1.66. The van der Waals surface area contributed by atoms with Crippen LogP contribution in [0.2, 0.25) is 5.02 Å². The lowest BCUT2D eigenvalue weighted by Crippen LogP contribution is -2.14. The molecule has 2 aromatic heterocycles. The van der Waals surface area contributed by atoms with Gasteiger partial charge in [-0.1, -0.05) is 35.5 Å². The zero-order valence-corrected chi connectivity index (χ0v) is 16.3. The summed E-state index contributed by atoms with van der Waals surface area (Å²) in [7, 11) is 0. The standard InChI is InChI=1S/C19H13ClN6OS/c1-11-22-18-14-4-2-3-5-16(14)24-19(26(18)25-11)28-10-17(27)23-13-7-6-12(9-21)15(20)8-13/h2-8H,10H2,1H3,(H,23,27). The summed E-state index contributed by atoms with van der Waals surface area (Å²) >= 11 is 7.27. The lowest BCUT2D eigenvalue weighted by molar-refractivity contribution is -0.113. The molecule has 9 heteroatoms. The molecule has 4 rings (SSSR count). The molecular formula is C19H13ClN6OS. The third-order valence-corrected chi connectivity index (χ3v) is 5.20. The molecule has 0 aliphatic heterocycles. The maximum atomic E-state index is 12.3. The molecule has 0 spiro atoms. The van der Waals surface area contributed by atoms with Gasteiger partial charge in [-0.15, -0.1) is 5.10 Å². The van der Waals surface area contributed by atoms with Crippen molar-refractivity contribution < 1.29 is 4.79 Å². The molecule has 138 valence electrons. The predicted octanol–water partition coefficient (Wildman–Crippen LogP) is 3.84. The van der Waals surface area contributed by atoms with Gasteiger partial charge in [-0.3, -0.25) is 4.79 Å². The number of para-hydroxylation sites is 1. The van der Waals surface area contributed by atoms with Gasteiger partial charge in [0, 0.05) is 11.1 Å². The zero-order chi connectivity index (χ0) is 19.7. The predicted molar refractivity (Wildman–Crippen MR) is 109 cm³/mol. The van der Waals surface area contributed by atoms with E-state index in [2.05, 4.69) is 20.4 Å². The molecule has 0 aliphatic rings. The van der Waals surface area contributed by atoms with Crippen molar-refractivity contribution in [1.82, 2.24) is 19.6 Å². The number of carbonyl (C=O) groups excluding carboxylic acids is 1. The largest absolute Gasteiger partial charge is 0.325 e. The molecular weight excluding hydrogens is 396 g/mol. The number of aromatic nitrogens is 4. The van der Waals surface area contributed by atoms with Crippen LogP contribution in [0.5, 0.6) is 0 Å². The number of aryl methyl sites for hydroxylation is 1. The molecule has 0 aliphatic carbocycles. The first kappa shape index (κ1) is 18.2. The number of hydrogen-bond donors (Lipinski definition) is 1. The van der Waals surface area contributed by atoms with E-state index in [-0.39, 0.29) is 11.7 Å². The fourth-order valence-corrected chi connectivity index (χ4v) is 3.71. The van der Waals surface area contributed by atoms with E-state index >= 15 is 0 Å². The van der Waals surface area contributed by atoms with Crippen LogP contribution < -0.4 is 5.32 Å². The average Bonchev–Trinajstić information content (AvgIpc) is 3.08. The number of rotatable bonds is 4. The fourth-order valence-electron chi connectivity index (χ4n) is 2.74. The SMILES string of the molecule is Cc1nc2c3ccccc3nc(SCC(=O)Nc3ccc(C#N)c(Cl)c3)n2n1.